The molecule has 0 unspecified atom stereocenters. The van der Waals surface area contributed by atoms with Gasteiger partial charge in [-0.05, 0) is 25.0 Å². The quantitative estimate of drug-likeness (QED) is 0.760. The standard InChI is InChI=1S/C13H17N5O/c14-11-3-4-12(17-9-11)13(19)16-5-1-2-7-18-8-6-15-10-18/h3-4,6,8-10H,1-2,5,7,14H2,(H,16,19). The van der Waals surface area contributed by atoms with Crippen LogP contribution in [0.15, 0.2) is 37.1 Å². The summed E-state index contributed by atoms with van der Waals surface area (Å²) in [5, 5.41) is 2.83. The minimum atomic E-state index is -0.164. The number of unbranched alkanes of at least 4 members (excludes halogenated alkanes) is 1. The van der Waals surface area contributed by atoms with Gasteiger partial charge in [0.25, 0.3) is 5.91 Å². The van der Waals surface area contributed by atoms with E-state index < -0.39 is 0 Å². The van der Waals surface area contributed by atoms with Gasteiger partial charge in [-0.2, -0.15) is 0 Å². The molecule has 0 aliphatic rings. The summed E-state index contributed by atoms with van der Waals surface area (Å²) < 4.78 is 2.02. The second-order valence-electron chi connectivity index (χ2n) is 4.24. The van der Waals surface area contributed by atoms with Crippen LogP contribution < -0.4 is 11.1 Å². The Kier molecular flexibility index (Phi) is 4.49. The van der Waals surface area contributed by atoms with Gasteiger partial charge in [0.05, 0.1) is 18.2 Å². The molecule has 1 amide bonds. The molecule has 2 heterocycles. The number of rotatable bonds is 6. The summed E-state index contributed by atoms with van der Waals surface area (Å²) in [5.41, 5.74) is 6.46. The molecule has 19 heavy (non-hydrogen) atoms. The molecule has 0 saturated carbocycles. The van der Waals surface area contributed by atoms with Gasteiger partial charge in [-0.15, -0.1) is 0 Å². The zero-order chi connectivity index (χ0) is 13.5. The monoisotopic (exact) mass is 259 g/mol. The van der Waals surface area contributed by atoms with Crippen molar-refractivity contribution in [3.05, 3.63) is 42.7 Å². The van der Waals surface area contributed by atoms with E-state index in [0.29, 0.717) is 17.9 Å². The van der Waals surface area contributed by atoms with Gasteiger partial charge < -0.3 is 15.6 Å². The molecule has 0 radical (unpaired) electrons. The molecule has 100 valence electrons. The lowest BCUT2D eigenvalue weighted by Gasteiger charge is -2.05. The maximum absolute atomic E-state index is 11.7. The first-order chi connectivity index (χ1) is 9.25. The third kappa shape index (κ3) is 4.09. The maximum Gasteiger partial charge on any atom is 0.269 e. The van der Waals surface area contributed by atoms with E-state index in [1.807, 2.05) is 10.8 Å². The number of carbonyl (C=O) groups excluding carboxylic acids is 1. The van der Waals surface area contributed by atoms with Crippen molar-refractivity contribution in [3.8, 4) is 0 Å². The van der Waals surface area contributed by atoms with Crippen molar-refractivity contribution in [1.29, 1.82) is 0 Å². The third-order valence-electron chi connectivity index (χ3n) is 2.71. The minimum Gasteiger partial charge on any atom is -0.397 e. The molecule has 6 heteroatoms. The topological polar surface area (TPSA) is 85.8 Å². The molecule has 0 aromatic carbocycles. The summed E-state index contributed by atoms with van der Waals surface area (Å²) in [5.74, 6) is -0.164. The number of aromatic nitrogens is 3. The van der Waals surface area contributed by atoms with Gasteiger partial charge in [0.2, 0.25) is 0 Å². The van der Waals surface area contributed by atoms with Gasteiger partial charge in [0.1, 0.15) is 5.69 Å². The van der Waals surface area contributed by atoms with E-state index in [1.165, 1.54) is 6.20 Å². The SMILES string of the molecule is Nc1ccc(C(=O)NCCCCn2ccnc2)nc1. The molecule has 3 N–H and O–H groups in total. The number of aryl methyl sites for hydroxylation is 1. The summed E-state index contributed by atoms with van der Waals surface area (Å²) in [6.45, 7) is 1.55. The van der Waals surface area contributed by atoms with Crippen LogP contribution in [0.3, 0.4) is 0 Å². The van der Waals surface area contributed by atoms with Gasteiger partial charge in [0, 0.05) is 25.5 Å². The Hall–Kier alpha value is -2.37. The number of carbonyl (C=O) groups is 1. The summed E-state index contributed by atoms with van der Waals surface area (Å²) in [4.78, 5) is 19.7. The Labute approximate surface area is 111 Å². The van der Waals surface area contributed by atoms with E-state index in [1.54, 1.807) is 24.7 Å². The highest BCUT2D eigenvalue weighted by atomic mass is 16.1. The van der Waals surface area contributed by atoms with Crippen LogP contribution in [0.1, 0.15) is 23.3 Å². The molecule has 0 aliphatic carbocycles. The van der Waals surface area contributed by atoms with E-state index in [-0.39, 0.29) is 5.91 Å². The predicted octanol–water partition coefficient (Wildman–Crippen LogP) is 1.07. The van der Waals surface area contributed by atoms with Crippen LogP contribution in [0.2, 0.25) is 0 Å². The third-order valence-corrected chi connectivity index (χ3v) is 2.71. The molecule has 2 aromatic heterocycles. The highest BCUT2D eigenvalue weighted by Gasteiger charge is 2.05. The lowest BCUT2D eigenvalue weighted by atomic mass is 10.3. The van der Waals surface area contributed by atoms with Crippen molar-refractivity contribution >= 4 is 11.6 Å². The van der Waals surface area contributed by atoms with Crippen LogP contribution in [0.5, 0.6) is 0 Å². The van der Waals surface area contributed by atoms with Crippen molar-refractivity contribution in [1.82, 2.24) is 19.9 Å². The summed E-state index contributed by atoms with van der Waals surface area (Å²) >= 11 is 0. The zero-order valence-corrected chi connectivity index (χ0v) is 10.6. The Morgan fingerprint density at radius 3 is 2.95 bits per heavy atom. The highest BCUT2D eigenvalue weighted by molar-refractivity contribution is 5.92. The molecule has 0 spiro atoms. The van der Waals surface area contributed by atoms with Gasteiger partial charge in [-0.1, -0.05) is 0 Å². The molecule has 0 saturated heterocycles. The first kappa shape index (κ1) is 13.1. The Morgan fingerprint density at radius 2 is 2.26 bits per heavy atom. The van der Waals surface area contributed by atoms with Gasteiger partial charge >= 0.3 is 0 Å². The van der Waals surface area contributed by atoms with E-state index in [9.17, 15) is 4.79 Å². The number of imidazole rings is 1. The Morgan fingerprint density at radius 1 is 1.37 bits per heavy atom. The van der Waals surface area contributed by atoms with E-state index in [4.69, 9.17) is 5.73 Å². The number of hydrogen-bond acceptors (Lipinski definition) is 4. The molecule has 2 rings (SSSR count). The highest BCUT2D eigenvalue weighted by Crippen LogP contribution is 2.01. The Balaban J connectivity index is 1.65. The average Bonchev–Trinajstić information content (AvgIpc) is 2.92. The van der Waals surface area contributed by atoms with Crippen molar-refractivity contribution in [2.75, 3.05) is 12.3 Å². The number of nitrogens with two attached hydrogens (primary N) is 1. The number of pyridine rings is 1. The largest absolute Gasteiger partial charge is 0.397 e. The normalized spacial score (nSPS) is 10.3. The van der Waals surface area contributed by atoms with Crippen molar-refractivity contribution < 1.29 is 4.79 Å². The summed E-state index contributed by atoms with van der Waals surface area (Å²) in [6, 6.07) is 3.29. The number of nitrogens with one attached hydrogen (secondary N) is 1. The second-order valence-corrected chi connectivity index (χ2v) is 4.24. The fourth-order valence-electron chi connectivity index (χ4n) is 1.67. The molecule has 0 bridgehead atoms. The van der Waals surface area contributed by atoms with Crippen LogP contribution in [0.25, 0.3) is 0 Å². The fraction of sp³-hybridized carbons (Fsp3) is 0.308. The van der Waals surface area contributed by atoms with E-state index in [0.717, 1.165) is 19.4 Å². The molecule has 0 atom stereocenters. The maximum atomic E-state index is 11.7. The smallest absolute Gasteiger partial charge is 0.269 e. The van der Waals surface area contributed by atoms with Crippen LogP contribution in [0.4, 0.5) is 5.69 Å². The Bertz CT molecular complexity index is 506. The van der Waals surface area contributed by atoms with Crippen LogP contribution in [-0.4, -0.2) is 27.0 Å². The fourth-order valence-corrected chi connectivity index (χ4v) is 1.67. The predicted molar refractivity (Wildman–Crippen MR) is 72.4 cm³/mol. The summed E-state index contributed by atoms with van der Waals surface area (Å²) in [7, 11) is 0. The lowest BCUT2D eigenvalue weighted by molar-refractivity contribution is 0.0948. The van der Waals surface area contributed by atoms with Gasteiger partial charge in [0.15, 0.2) is 0 Å². The molecular weight excluding hydrogens is 242 g/mol. The molecule has 0 aliphatic heterocycles. The zero-order valence-electron chi connectivity index (χ0n) is 10.6. The van der Waals surface area contributed by atoms with Gasteiger partial charge in [-0.3, -0.25) is 4.79 Å². The first-order valence-electron chi connectivity index (χ1n) is 6.21. The van der Waals surface area contributed by atoms with Crippen molar-refractivity contribution in [2.45, 2.75) is 19.4 Å². The van der Waals surface area contributed by atoms with E-state index in [2.05, 4.69) is 15.3 Å². The minimum absolute atomic E-state index is 0.164. The number of nitrogens with zero attached hydrogens (tertiary/aromatic N) is 3. The molecule has 0 fully saturated rings. The molecular formula is C13H17N5O. The number of amides is 1. The molecule has 6 nitrogen and oxygen atoms in total. The first-order valence-corrected chi connectivity index (χ1v) is 6.21. The average molecular weight is 259 g/mol. The summed E-state index contributed by atoms with van der Waals surface area (Å²) in [6.07, 6.45) is 8.86. The second kappa shape index (κ2) is 6.53. The molecule has 2 aromatic rings. The number of nitrogen functional groups attached to an aromatic ring is 1. The van der Waals surface area contributed by atoms with Crippen LogP contribution in [0, 0.1) is 0 Å². The number of hydrogen-bond donors (Lipinski definition) is 2. The lowest BCUT2D eigenvalue weighted by Crippen LogP contribution is -2.25. The van der Waals surface area contributed by atoms with Gasteiger partial charge in [-0.25, -0.2) is 9.97 Å². The van der Waals surface area contributed by atoms with Crippen LogP contribution in [-0.2, 0) is 6.54 Å². The van der Waals surface area contributed by atoms with Crippen molar-refractivity contribution in [3.63, 3.8) is 0 Å². The van der Waals surface area contributed by atoms with Crippen molar-refractivity contribution in [2.24, 2.45) is 0 Å². The van der Waals surface area contributed by atoms with Crippen LogP contribution >= 0.6 is 0 Å². The van der Waals surface area contributed by atoms with E-state index >= 15 is 0 Å². The number of anilines is 1.